The molecule has 0 atom stereocenters. The van der Waals surface area contributed by atoms with Crippen LogP contribution < -0.4 is 34.0 Å². The summed E-state index contributed by atoms with van der Waals surface area (Å²) in [5, 5.41) is 0. The Hall–Kier alpha value is -3.09. The molecule has 468 valence electrons. The molecule has 0 saturated heterocycles. The van der Waals surface area contributed by atoms with E-state index in [0.717, 1.165) is 9.79 Å². The zero-order valence-corrected chi connectivity index (χ0v) is 55.4. The third kappa shape index (κ3) is 76.9. The average molecular weight is 1490 g/mol. The Morgan fingerprint density at radius 3 is 0.663 bits per heavy atom. The largest absolute Gasteiger partial charge is 2.00 e. The van der Waals surface area contributed by atoms with Crippen molar-refractivity contribution in [1.82, 2.24) is 0 Å². The van der Waals surface area contributed by atoms with Crippen molar-refractivity contribution in [3.63, 3.8) is 0 Å². The standard InChI is InChI=1S/C18H15S.C12H10OS.2C6H5.2C2H6.CHF3O3S.3CH3F.2BrH.Cl2OS.6F2.2Mg/c1-4-10-16(11-5-1)19(17-12-6-2-7-13-17)18-14-8-3-9-15-18;13-14(11-7-3-1-4-8-11)12-9-5-2-6-10-12;2*1-2-4-6-5-3-1;2*1-2;2-1(3,4)8(5,6)7;3*1-2;;;1-4(2)3;6*1-2;;/h1-15H;1-10H;2*1-5H;2*1-2H3;(H,5,6,7);3*1H3;2*1H;;;;;;;;;/q+1;;2*-1;;;;;;;;;;;;;;;;2*+2/p-2. The summed E-state index contributed by atoms with van der Waals surface area (Å²) < 4.78 is 203. The minimum atomic E-state index is -5.84. The van der Waals surface area contributed by atoms with Crippen molar-refractivity contribution < 1.29 is 137 Å². The van der Waals surface area contributed by atoms with Gasteiger partial charge in [0.05, 0.1) is 43.2 Å². The molecule has 0 aromatic heterocycles. The van der Waals surface area contributed by atoms with E-state index in [1.165, 1.54) is 14.7 Å². The molecule has 0 saturated carbocycles. The smallest absolute Gasteiger partial charge is 1.00 e. The first kappa shape index (κ1) is 115. The van der Waals surface area contributed by atoms with Gasteiger partial charge in [-0.05, 0) is 60.7 Å². The van der Waals surface area contributed by atoms with Gasteiger partial charge in [-0.3, -0.25) is 17.7 Å². The summed E-state index contributed by atoms with van der Waals surface area (Å²) in [6.45, 7) is 8.00. The van der Waals surface area contributed by atoms with E-state index in [-0.39, 0.29) is 91.0 Å². The van der Waals surface area contributed by atoms with E-state index in [1.54, 1.807) is 0 Å². The molecule has 0 aliphatic heterocycles. The van der Waals surface area contributed by atoms with Crippen LogP contribution in [0.1, 0.15) is 27.7 Å². The van der Waals surface area contributed by atoms with Gasteiger partial charge in [-0.25, -0.2) is 8.42 Å². The van der Waals surface area contributed by atoms with E-state index >= 15 is 0 Å². The van der Waals surface area contributed by atoms with Crippen LogP contribution in [-0.2, 0) is 41.0 Å². The normalized spacial score (nSPS) is 7.89. The molecule has 0 aliphatic rings. The third-order valence-corrected chi connectivity index (χ3v) is 10.6. The number of hydrogen-bond acceptors (Lipinski definition) is 4. The van der Waals surface area contributed by atoms with E-state index in [1.807, 2.05) is 149 Å². The van der Waals surface area contributed by atoms with Crippen molar-refractivity contribution >= 4 is 109 Å². The minimum Gasteiger partial charge on any atom is -1.00 e. The van der Waals surface area contributed by atoms with E-state index in [0.29, 0.717) is 21.5 Å². The molecule has 7 rings (SSSR count). The number of rotatable bonds is 5. The summed E-state index contributed by atoms with van der Waals surface area (Å²) in [5.74, 6) is 0. The molecule has 33 heteroatoms. The summed E-state index contributed by atoms with van der Waals surface area (Å²) in [7, 11) is 1.96. The number of halogens is 22. The Balaban J connectivity index is -0.0000000557. The van der Waals surface area contributed by atoms with Gasteiger partial charge in [0.1, 0.15) is 0 Å². The Morgan fingerprint density at radius 2 is 0.542 bits per heavy atom. The molecule has 0 amide bonds. The number of hydrogen-bond donors (Lipinski definition) is 1. The molecule has 0 spiro atoms. The predicted octanol–water partition coefficient (Wildman–Crippen LogP) is 14.1. The molecule has 0 radical (unpaired) electrons. The van der Waals surface area contributed by atoms with Gasteiger partial charge in [0.15, 0.2) is 14.7 Å². The van der Waals surface area contributed by atoms with Crippen molar-refractivity contribution in [2.45, 2.75) is 57.7 Å². The molecule has 5 nitrogen and oxygen atoms in total. The molecule has 7 aromatic carbocycles. The first-order valence-corrected chi connectivity index (χ1v) is 26.9. The minimum absolute atomic E-state index is 0. The van der Waals surface area contributed by atoms with Crippen LogP contribution >= 0.6 is 21.4 Å². The molecule has 0 aliphatic carbocycles. The van der Waals surface area contributed by atoms with E-state index < -0.39 is 35.7 Å². The van der Waals surface area contributed by atoms with Crippen LogP contribution in [0.25, 0.3) is 0 Å². The molecule has 0 heterocycles. The first-order chi connectivity index (χ1) is 38.3. The fourth-order valence-corrected chi connectivity index (χ4v) is 7.17. The predicted molar refractivity (Wildman–Crippen MR) is 296 cm³/mol. The van der Waals surface area contributed by atoms with Crippen LogP contribution in [0.3, 0.4) is 0 Å². The van der Waals surface area contributed by atoms with E-state index in [2.05, 4.69) is 124 Å². The fourth-order valence-electron chi connectivity index (χ4n) is 3.99. The van der Waals surface area contributed by atoms with Crippen molar-refractivity contribution in [3.8, 4) is 0 Å². The van der Waals surface area contributed by atoms with Gasteiger partial charge in [-0.15, -0.1) is 0 Å². The second-order valence-corrected chi connectivity index (χ2v) is 17.8. The van der Waals surface area contributed by atoms with Crippen LogP contribution in [0.4, 0.5) is 81.2 Å². The Morgan fingerprint density at radius 1 is 0.398 bits per heavy atom. The SMILES string of the molecule is CC.CC.CF.CF.CF.FF.FF.FF.FF.FF.FF.O=S(=O)(O)C(F)(F)F.O=S(Cl)Cl.O=S(c1ccccc1)c1ccccc1.[Br-].[Br-].[Mg+2].[Mg+2].[c-]1ccccc1.[c-]1ccccc1.c1ccc([S+](c2ccccc2)c2ccccc2)cc1. The second kappa shape index (κ2) is 98.0. The first-order valence-electron chi connectivity index (χ1n) is 20.3. The van der Waals surface area contributed by atoms with Gasteiger partial charge < -0.3 is 34.0 Å². The van der Waals surface area contributed by atoms with Gasteiger partial charge in [0.25, 0.3) is 0 Å². The molecule has 0 unspecified atom stereocenters. The van der Waals surface area contributed by atoms with Crippen molar-refractivity contribution in [1.29, 1.82) is 0 Å². The van der Waals surface area contributed by atoms with Gasteiger partial charge >= 0.3 is 61.7 Å². The maximum Gasteiger partial charge on any atom is 2.00 e. The maximum atomic E-state index is 12.0. The summed E-state index contributed by atoms with van der Waals surface area (Å²) in [5.41, 5.74) is -5.53. The Bertz CT molecular complexity index is 2050. The van der Waals surface area contributed by atoms with Crippen LogP contribution in [0.15, 0.2) is 237 Å². The van der Waals surface area contributed by atoms with Gasteiger partial charge in [0.2, 0.25) is 9.23 Å². The molecule has 0 bridgehead atoms. The Labute approximate surface area is 544 Å². The van der Waals surface area contributed by atoms with E-state index in [9.17, 15) is 30.6 Å². The molecule has 83 heavy (non-hydrogen) atoms. The molecule has 7 aromatic rings. The van der Waals surface area contributed by atoms with E-state index in [4.69, 9.17) is 72.1 Å². The monoisotopic (exact) mass is 1480 g/mol. The summed E-state index contributed by atoms with van der Waals surface area (Å²) in [6, 6.07) is 76.1. The zero-order chi connectivity index (χ0) is 63.8. The molecular formula is C50H57Br2Cl2F18Mg2O5S4+. The summed E-state index contributed by atoms with van der Waals surface area (Å²) >= 11 is 0. The summed E-state index contributed by atoms with van der Waals surface area (Å²) in [6.07, 6.45) is 0. The van der Waals surface area contributed by atoms with Crippen molar-refractivity contribution in [3.05, 3.63) is 224 Å². The molecular weight excluding hydrogens is 1430 g/mol. The fraction of sp³-hybridized carbons (Fsp3) is 0.160. The van der Waals surface area contributed by atoms with Crippen molar-refractivity contribution in [2.75, 3.05) is 21.5 Å². The van der Waals surface area contributed by atoms with Crippen molar-refractivity contribution in [2.24, 2.45) is 0 Å². The van der Waals surface area contributed by atoms with Crippen LogP contribution in [0, 0.1) is 12.1 Å². The zero-order valence-electron chi connectivity index (χ0n) is 44.6. The van der Waals surface area contributed by atoms with Crippen LogP contribution in [-0.4, -0.2) is 94.5 Å². The topological polar surface area (TPSA) is 88.5 Å². The van der Waals surface area contributed by atoms with Gasteiger partial charge in [-0.2, -0.15) is 94.4 Å². The maximum absolute atomic E-state index is 12.0. The number of benzene rings is 7. The third-order valence-electron chi connectivity index (χ3n) is 6.36. The number of alkyl halides is 6. The summed E-state index contributed by atoms with van der Waals surface area (Å²) in [4.78, 5) is 5.78. The quantitative estimate of drug-likeness (QED) is 0.0353. The van der Waals surface area contributed by atoms with Crippen LogP contribution in [0.2, 0.25) is 0 Å². The second-order valence-electron chi connectivity index (χ2n) is 10.4. The average Bonchev–Trinajstić information content (AvgIpc) is 3.54. The van der Waals surface area contributed by atoms with Gasteiger partial charge in [0, 0.05) is 86.0 Å². The Kier molecular flexibility index (Phi) is 135. The van der Waals surface area contributed by atoms with Gasteiger partial charge in [-0.1, -0.05) is 119 Å². The molecule has 1 N–H and O–H groups in total. The van der Waals surface area contributed by atoms with Crippen LogP contribution in [0.5, 0.6) is 0 Å². The molecule has 0 fully saturated rings.